The highest BCUT2D eigenvalue weighted by Gasteiger charge is 2.35. The topological polar surface area (TPSA) is 75.7 Å². The molecule has 0 aliphatic heterocycles. The largest absolute Gasteiger partial charge is 0.493 e. The van der Waals surface area contributed by atoms with Crippen LogP contribution >= 0.6 is 0 Å². The van der Waals surface area contributed by atoms with Crippen molar-refractivity contribution in [3.63, 3.8) is 0 Å². The van der Waals surface area contributed by atoms with Crippen LogP contribution in [0.15, 0.2) is 12.1 Å². The maximum atomic E-state index is 13.4. The molecule has 0 unspecified atom stereocenters. The van der Waals surface area contributed by atoms with E-state index in [1.54, 1.807) is 0 Å². The van der Waals surface area contributed by atoms with E-state index in [2.05, 4.69) is 6.92 Å². The zero-order chi connectivity index (χ0) is 19.6. The zero-order valence-corrected chi connectivity index (χ0v) is 15.3. The number of aliphatic hydroxyl groups is 2. The van der Waals surface area contributed by atoms with Gasteiger partial charge in [-0.25, -0.2) is 0 Å². The van der Waals surface area contributed by atoms with Crippen molar-refractivity contribution in [3.8, 4) is 5.75 Å². The molecule has 0 radical (unpaired) electrons. The summed E-state index contributed by atoms with van der Waals surface area (Å²) in [6.45, 7) is 1.88. The minimum absolute atomic E-state index is 0.220. The molecule has 0 heterocycles. The SMILES string of the molecule is CCCCCCCOc1cc(N)c(CCC(CO)CO)cc1C(F)(F)F. The van der Waals surface area contributed by atoms with Crippen LogP contribution in [0.1, 0.15) is 56.6 Å². The highest BCUT2D eigenvalue weighted by molar-refractivity contribution is 5.56. The number of nitrogen functional groups attached to an aromatic ring is 1. The second kappa shape index (κ2) is 11.3. The lowest BCUT2D eigenvalue weighted by Gasteiger charge is -2.18. The Hall–Kier alpha value is -1.47. The van der Waals surface area contributed by atoms with Gasteiger partial charge in [0.15, 0.2) is 0 Å². The molecule has 0 aromatic heterocycles. The first kappa shape index (κ1) is 22.6. The van der Waals surface area contributed by atoms with Gasteiger partial charge in [0.25, 0.3) is 0 Å². The third-order valence-corrected chi connectivity index (χ3v) is 4.39. The van der Waals surface area contributed by atoms with E-state index in [0.717, 1.165) is 31.7 Å². The van der Waals surface area contributed by atoms with E-state index in [4.69, 9.17) is 20.7 Å². The first-order chi connectivity index (χ1) is 12.3. The minimum Gasteiger partial charge on any atom is -0.493 e. The molecule has 1 aromatic carbocycles. The number of halogens is 3. The molecular weight excluding hydrogens is 347 g/mol. The van der Waals surface area contributed by atoms with Crippen LogP contribution in [0, 0.1) is 5.92 Å². The molecule has 4 nitrogen and oxygen atoms in total. The Morgan fingerprint density at radius 2 is 1.73 bits per heavy atom. The molecule has 0 atom stereocenters. The first-order valence-corrected chi connectivity index (χ1v) is 9.17. The van der Waals surface area contributed by atoms with Crippen molar-refractivity contribution in [3.05, 3.63) is 23.3 Å². The van der Waals surface area contributed by atoms with E-state index < -0.39 is 11.7 Å². The third kappa shape index (κ3) is 7.41. The van der Waals surface area contributed by atoms with Gasteiger partial charge < -0.3 is 20.7 Å². The zero-order valence-electron chi connectivity index (χ0n) is 15.3. The van der Waals surface area contributed by atoms with Crippen molar-refractivity contribution in [2.24, 2.45) is 5.92 Å². The lowest BCUT2D eigenvalue weighted by atomic mass is 9.97. The lowest BCUT2D eigenvalue weighted by molar-refractivity contribution is -0.139. The molecule has 0 saturated carbocycles. The molecule has 26 heavy (non-hydrogen) atoms. The maximum absolute atomic E-state index is 13.4. The Labute approximate surface area is 153 Å². The number of nitrogens with two attached hydrogens (primary N) is 1. The molecule has 0 aliphatic rings. The monoisotopic (exact) mass is 377 g/mol. The van der Waals surface area contributed by atoms with Crippen molar-refractivity contribution in [2.45, 2.75) is 58.0 Å². The van der Waals surface area contributed by atoms with Gasteiger partial charge >= 0.3 is 6.18 Å². The fraction of sp³-hybridized carbons (Fsp3) is 0.684. The summed E-state index contributed by atoms with van der Waals surface area (Å²) in [6.07, 6.45) is 0.949. The number of ether oxygens (including phenoxy) is 1. The predicted octanol–water partition coefficient (Wildman–Crippen LogP) is 4.17. The van der Waals surface area contributed by atoms with Crippen LogP contribution < -0.4 is 10.5 Å². The standard InChI is InChI=1S/C19H30F3NO3/c1-2-3-4-5-6-9-26-18-11-17(23)15(8-7-14(12-24)13-25)10-16(18)19(20,21)22/h10-11,14,24-25H,2-9,12-13,23H2,1H3. The molecule has 0 amide bonds. The van der Waals surface area contributed by atoms with Gasteiger partial charge in [-0.15, -0.1) is 0 Å². The number of unbranched alkanes of at least 4 members (excludes halogenated alkanes) is 4. The molecule has 1 aromatic rings. The van der Waals surface area contributed by atoms with E-state index in [0.29, 0.717) is 18.4 Å². The molecule has 0 saturated heterocycles. The van der Waals surface area contributed by atoms with Crippen LogP contribution in [0.5, 0.6) is 5.75 Å². The maximum Gasteiger partial charge on any atom is 0.419 e. The fourth-order valence-corrected chi connectivity index (χ4v) is 2.69. The molecule has 0 fully saturated rings. The Morgan fingerprint density at radius 3 is 2.31 bits per heavy atom. The summed E-state index contributed by atoms with van der Waals surface area (Å²) in [7, 11) is 0. The smallest absolute Gasteiger partial charge is 0.419 e. The summed E-state index contributed by atoms with van der Waals surface area (Å²) < 4.78 is 45.5. The summed E-state index contributed by atoms with van der Waals surface area (Å²) in [5.41, 5.74) is 5.64. The molecule has 150 valence electrons. The van der Waals surface area contributed by atoms with Gasteiger partial charge in [0, 0.05) is 30.9 Å². The van der Waals surface area contributed by atoms with Crippen LogP contribution in [0.2, 0.25) is 0 Å². The molecule has 0 spiro atoms. The van der Waals surface area contributed by atoms with E-state index >= 15 is 0 Å². The van der Waals surface area contributed by atoms with Gasteiger partial charge in [-0.2, -0.15) is 13.2 Å². The van der Waals surface area contributed by atoms with Crippen molar-refractivity contribution in [1.29, 1.82) is 0 Å². The van der Waals surface area contributed by atoms with Gasteiger partial charge in [0.2, 0.25) is 0 Å². The van der Waals surface area contributed by atoms with Gasteiger partial charge in [0.1, 0.15) is 5.75 Å². The van der Waals surface area contributed by atoms with Crippen LogP contribution in [0.25, 0.3) is 0 Å². The molecule has 1 rings (SSSR count). The van der Waals surface area contributed by atoms with Crippen LogP contribution in [0.3, 0.4) is 0 Å². The summed E-state index contributed by atoms with van der Waals surface area (Å²) in [6, 6.07) is 2.25. The molecular formula is C19H30F3NO3. The van der Waals surface area contributed by atoms with Crippen molar-refractivity contribution in [1.82, 2.24) is 0 Å². The van der Waals surface area contributed by atoms with E-state index in [1.165, 1.54) is 6.07 Å². The van der Waals surface area contributed by atoms with Crippen LogP contribution in [-0.2, 0) is 12.6 Å². The average Bonchev–Trinajstić information content (AvgIpc) is 2.59. The third-order valence-electron chi connectivity index (χ3n) is 4.39. The molecule has 0 bridgehead atoms. The van der Waals surface area contributed by atoms with Gasteiger partial charge in [-0.05, 0) is 30.9 Å². The second-order valence-electron chi connectivity index (χ2n) is 6.58. The quantitative estimate of drug-likeness (QED) is 0.377. The Kier molecular flexibility index (Phi) is 9.80. The average molecular weight is 377 g/mol. The first-order valence-electron chi connectivity index (χ1n) is 9.17. The van der Waals surface area contributed by atoms with E-state index in [-0.39, 0.29) is 43.6 Å². The minimum atomic E-state index is -4.53. The fourth-order valence-electron chi connectivity index (χ4n) is 2.69. The number of rotatable bonds is 12. The van der Waals surface area contributed by atoms with Crippen molar-refractivity contribution in [2.75, 3.05) is 25.6 Å². The second-order valence-corrected chi connectivity index (χ2v) is 6.58. The van der Waals surface area contributed by atoms with E-state index in [9.17, 15) is 13.2 Å². The van der Waals surface area contributed by atoms with Gasteiger partial charge in [-0.1, -0.05) is 32.6 Å². The highest BCUT2D eigenvalue weighted by Crippen LogP contribution is 2.39. The summed E-state index contributed by atoms with van der Waals surface area (Å²) in [5, 5.41) is 18.2. The summed E-state index contributed by atoms with van der Waals surface area (Å²) in [5.74, 6) is -0.613. The molecule has 0 aliphatic carbocycles. The number of benzene rings is 1. The summed E-state index contributed by atoms with van der Waals surface area (Å²) >= 11 is 0. The Bertz CT molecular complexity index is 531. The number of hydrogen-bond acceptors (Lipinski definition) is 4. The van der Waals surface area contributed by atoms with Crippen molar-refractivity contribution >= 4 is 5.69 Å². The van der Waals surface area contributed by atoms with Gasteiger partial charge in [-0.3, -0.25) is 0 Å². The normalized spacial score (nSPS) is 12.0. The number of hydrogen-bond donors (Lipinski definition) is 3. The number of aliphatic hydroxyl groups excluding tert-OH is 2. The number of anilines is 1. The van der Waals surface area contributed by atoms with E-state index in [1.807, 2.05) is 0 Å². The molecule has 7 heteroatoms. The summed E-state index contributed by atoms with van der Waals surface area (Å²) in [4.78, 5) is 0. The lowest BCUT2D eigenvalue weighted by Crippen LogP contribution is -2.14. The number of alkyl halides is 3. The Balaban J connectivity index is 2.82. The Morgan fingerprint density at radius 1 is 1.08 bits per heavy atom. The predicted molar refractivity (Wildman–Crippen MR) is 96.1 cm³/mol. The van der Waals surface area contributed by atoms with Crippen LogP contribution in [0.4, 0.5) is 18.9 Å². The highest BCUT2D eigenvalue weighted by atomic mass is 19.4. The van der Waals surface area contributed by atoms with Gasteiger partial charge in [0.05, 0.1) is 12.2 Å². The van der Waals surface area contributed by atoms with Crippen LogP contribution in [-0.4, -0.2) is 30.0 Å². The molecule has 4 N–H and O–H groups in total. The number of aryl methyl sites for hydroxylation is 1. The van der Waals surface area contributed by atoms with Crippen molar-refractivity contribution < 1.29 is 28.1 Å².